The van der Waals surface area contributed by atoms with E-state index < -0.39 is 9.84 Å². The van der Waals surface area contributed by atoms with Crippen LogP contribution >= 0.6 is 11.5 Å². The minimum Gasteiger partial charge on any atom is -0.382 e. The Morgan fingerprint density at radius 2 is 2.06 bits per heavy atom. The number of nitriles is 1. The van der Waals surface area contributed by atoms with Crippen molar-refractivity contribution in [2.24, 2.45) is 0 Å². The van der Waals surface area contributed by atoms with E-state index in [0.717, 1.165) is 11.5 Å². The lowest BCUT2D eigenvalue weighted by Gasteiger charge is -2.26. The standard InChI is InChI=1S/C8H10N4O2S2/c9-5-6-7(10)11-15-8(6)12-1-3-16(13,14)4-2-12/h1-4H2,(H2,10,11). The van der Waals surface area contributed by atoms with Crippen LogP contribution in [0.1, 0.15) is 5.56 Å². The normalized spacial score (nSPS) is 19.3. The number of anilines is 2. The maximum absolute atomic E-state index is 11.3. The van der Waals surface area contributed by atoms with E-state index in [9.17, 15) is 8.42 Å². The average molecular weight is 258 g/mol. The third-order valence-electron chi connectivity index (χ3n) is 2.44. The molecule has 0 bridgehead atoms. The molecule has 0 saturated carbocycles. The fraction of sp³-hybridized carbons (Fsp3) is 0.500. The Hall–Kier alpha value is -1.33. The van der Waals surface area contributed by atoms with E-state index in [4.69, 9.17) is 11.0 Å². The van der Waals surface area contributed by atoms with Crippen LogP contribution in [0.4, 0.5) is 10.8 Å². The summed E-state index contributed by atoms with van der Waals surface area (Å²) in [7, 11) is -2.91. The first-order valence-corrected chi connectivity index (χ1v) is 7.23. The lowest BCUT2D eigenvalue weighted by Crippen LogP contribution is -2.40. The first-order valence-electron chi connectivity index (χ1n) is 4.64. The van der Waals surface area contributed by atoms with Gasteiger partial charge in [0, 0.05) is 13.1 Å². The van der Waals surface area contributed by atoms with Crippen LogP contribution in [0.5, 0.6) is 0 Å². The molecule has 0 radical (unpaired) electrons. The van der Waals surface area contributed by atoms with Gasteiger partial charge >= 0.3 is 0 Å². The zero-order chi connectivity index (χ0) is 11.8. The molecule has 86 valence electrons. The van der Waals surface area contributed by atoms with Gasteiger partial charge in [0.25, 0.3) is 0 Å². The second-order valence-electron chi connectivity index (χ2n) is 3.50. The molecule has 2 N–H and O–H groups in total. The molecule has 0 amide bonds. The Kier molecular flexibility index (Phi) is 2.73. The molecule has 1 saturated heterocycles. The zero-order valence-electron chi connectivity index (χ0n) is 8.38. The maximum atomic E-state index is 11.3. The van der Waals surface area contributed by atoms with E-state index in [2.05, 4.69) is 4.37 Å². The molecule has 6 nitrogen and oxygen atoms in total. The first kappa shape index (κ1) is 11.2. The number of hydrogen-bond acceptors (Lipinski definition) is 7. The van der Waals surface area contributed by atoms with Gasteiger partial charge in [-0.15, -0.1) is 0 Å². The molecule has 1 aromatic heterocycles. The van der Waals surface area contributed by atoms with Crippen molar-refractivity contribution < 1.29 is 8.42 Å². The number of nitrogens with zero attached hydrogens (tertiary/aromatic N) is 3. The fourth-order valence-electron chi connectivity index (χ4n) is 1.53. The molecule has 0 aliphatic carbocycles. The Morgan fingerprint density at radius 1 is 1.44 bits per heavy atom. The van der Waals surface area contributed by atoms with Crippen molar-refractivity contribution >= 4 is 32.2 Å². The summed E-state index contributed by atoms with van der Waals surface area (Å²) < 4.78 is 26.4. The summed E-state index contributed by atoms with van der Waals surface area (Å²) >= 11 is 1.14. The van der Waals surface area contributed by atoms with Crippen LogP contribution in [0.2, 0.25) is 0 Å². The summed E-state index contributed by atoms with van der Waals surface area (Å²) in [4.78, 5) is 1.85. The molecule has 1 aliphatic heterocycles. The average Bonchev–Trinajstić information content (AvgIpc) is 2.59. The SMILES string of the molecule is N#Cc1c(N)nsc1N1CCS(=O)(=O)CC1. The zero-order valence-corrected chi connectivity index (χ0v) is 10.0. The van der Waals surface area contributed by atoms with Crippen molar-refractivity contribution in [3.05, 3.63) is 5.56 Å². The summed E-state index contributed by atoms with van der Waals surface area (Å²) in [6.45, 7) is 0.803. The molecular weight excluding hydrogens is 248 g/mol. The quantitative estimate of drug-likeness (QED) is 0.750. The minimum absolute atomic E-state index is 0.121. The van der Waals surface area contributed by atoms with Crippen molar-refractivity contribution in [2.75, 3.05) is 35.2 Å². The van der Waals surface area contributed by atoms with Gasteiger partial charge in [-0.05, 0) is 11.5 Å². The first-order chi connectivity index (χ1) is 7.53. The van der Waals surface area contributed by atoms with Crippen LogP contribution in [0.25, 0.3) is 0 Å². The number of nitrogen functional groups attached to an aromatic ring is 1. The molecule has 2 heterocycles. The molecule has 0 atom stereocenters. The lowest BCUT2D eigenvalue weighted by molar-refractivity contribution is 0.587. The lowest BCUT2D eigenvalue weighted by atomic mass is 10.3. The van der Waals surface area contributed by atoms with Crippen LogP contribution in [0, 0.1) is 11.3 Å². The van der Waals surface area contributed by atoms with Gasteiger partial charge in [0.2, 0.25) is 0 Å². The van der Waals surface area contributed by atoms with E-state index in [0.29, 0.717) is 23.7 Å². The summed E-state index contributed by atoms with van der Waals surface area (Å²) in [5.41, 5.74) is 5.89. The van der Waals surface area contributed by atoms with E-state index in [-0.39, 0.29) is 17.3 Å². The molecule has 1 aliphatic rings. The van der Waals surface area contributed by atoms with Gasteiger partial charge in [0.1, 0.15) is 16.6 Å². The van der Waals surface area contributed by atoms with Crippen molar-refractivity contribution in [3.8, 4) is 6.07 Å². The second-order valence-corrected chi connectivity index (χ2v) is 6.55. The number of nitrogens with two attached hydrogens (primary N) is 1. The molecule has 16 heavy (non-hydrogen) atoms. The second kappa shape index (κ2) is 3.92. The highest BCUT2D eigenvalue weighted by molar-refractivity contribution is 7.91. The van der Waals surface area contributed by atoms with E-state index >= 15 is 0 Å². The van der Waals surface area contributed by atoms with Gasteiger partial charge in [0.15, 0.2) is 15.7 Å². The Morgan fingerprint density at radius 3 is 2.62 bits per heavy atom. The monoisotopic (exact) mass is 258 g/mol. The largest absolute Gasteiger partial charge is 0.382 e. The van der Waals surface area contributed by atoms with Gasteiger partial charge in [-0.25, -0.2) is 8.42 Å². The van der Waals surface area contributed by atoms with E-state index in [1.807, 2.05) is 11.0 Å². The molecule has 1 fully saturated rings. The highest BCUT2D eigenvalue weighted by atomic mass is 32.2. The predicted octanol–water partition coefficient (Wildman–Crippen LogP) is -0.168. The van der Waals surface area contributed by atoms with Gasteiger partial charge in [-0.3, -0.25) is 0 Å². The van der Waals surface area contributed by atoms with Crippen LogP contribution in [0.3, 0.4) is 0 Å². The number of aromatic nitrogens is 1. The molecule has 1 aromatic rings. The number of hydrogen-bond donors (Lipinski definition) is 1. The third kappa shape index (κ3) is 1.96. The van der Waals surface area contributed by atoms with Gasteiger partial charge < -0.3 is 10.6 Å². The molecule has 8 heteroatoms. The van der Waals surface area contributed by atoms with E-state index in [1.165, 1.54) is 0 Å². The molecular formula is C8H10N4O2S2. The predicted molar refractivity (Wildman–Crippen MR) is 62.1 cm³/mol. The molecule has 0 spiro atoms. The van der Waals surface area contributed by atoms with Crippen molar-refractivity contribution in [1.29, 1.82) is 5.26 Å². The molecule has 2 rings (SSSR count). The van der Waals surface area contributed by atoms with Gasteiger partial charge in [0.05, 0.1) is 11.5 Å². The van der Waals surface area contributed by atoms with Crippen LogP contribution in [-0.2, 0) is 9.84 Å². The van der Waals surface area contributed by atoms with Crippen LogP contribution < -0.4 is 10.6 Å². The van der Waals surface area contributed by atoms with E-state index in [1.54, 1.807) is 0 Å². The van der Waals surface area contributed by atoms with Crippen molar-refractivity contribution in [1.82, 2.24) is 4.37 Å². The topological polar surface area (TPSA) is 100 Å². The van der Waals surface area contributed by atoms with Gasteiger partial charge in [-0.1, -0.05) is 0 Å². The fourth-order valence-corrected chi connectivity index (χ4v) is 3.55. The van der Waals surface area contributed by atoms with Crippen molar-refractivity contribution in [2.45, 2.75) is 0 Å². The maximum Gasteiger partial charge on any atom is 0.157 e. The number of sulfone groups is 1. The van der Waals surface area contributed by atoms with Crippen LogP contribution in [-0.4, -0.2) is 37.4 Å². The third-order valence-corrected chi connectivity index (χ3v) is 4.98. The molecule has 0 aromatic carbocycles. The Bertz CT molecular complexity index is 529. The summed E-state index contributed by atoms with van der Waals surface area (Å²) in [5.74, 6) is 0.460. The Balaban J connectivity index is 2.24. The molecule has 0 unspecified atom stereocenters. The van der Waals surface area contributed by atoms with Gasteiger partial charge in [-0.2, -0.15) is 9.64 Å². The summed E-state index contributed by atoms with van der Waals surface area (Å²) in [6.07, 6.45) is 0. The van der Waals surface area contributed by atoms with Crippen LogP contribution in [0.15, 0.2) is 0 Å². The summed E-state index contributed by atoms with van der Waals surface area (Å²) in [5, 5.41) is 9.59. The highest BCUT2D eigenvalue weighted by Gasteiger charge is 2.25. The minimum atomic E-state index is -2.91. The Labute approximate surface area is 97.4 Å². The highest BCUT2D eigenvalue weighted by Crippen LogP contribution is 2.30. The summed E-state index contributed by atoms with van der Waals surface area (Å²) in [6, 6.07) is 1.99. The van der Waals surface area contributed by atoms with Crippen molar-refractivity contribution in [3.63, 3.8) is 0 Å². The number of rotatable bonds is 1. The smallest absolute Gasteiger partial charge is 0.157 e.